The van der Waals surface area contributed by atoms with Gasteiger partial charge >= 0.3 is 0 Å². The van der Waals surface area contributed by atoms with Gasteiger partial charge < -0.3 is 15.8 Å². The van der Waals surface area contributed by atoms with E-state index < -0.39 is 0 Å². The molecule has 0 spiro atoms. The SMILES string of the molecule is COc1ccc(-c2ccc3c(N)c(C(=O)Nc4ccc(I)cc4C)sc3n2)cc1. The maximum atomic E-state index is 12.8. The van der Waals surface area contributed by atoms with Gasteiger partial charge in [-0.3, -0.25) is 4.79 Å². The number of hydrogen-bond acceptors (Lipinski definition) is 5. The smallest absolute Gasteiger partial charge is 0.267 e. The second-order valence-corrected chi connectivity index (χ2v) is 8.78. The minimum absolute atomic E-state index is 0.221. The molecule has 0 aliphatic rings. The molecule has 0 radical (unpaired) electrons. The van der Waals surface area contributed by atoms with E-state index in [0.717, 1.165) is 42.0 Å². The van der Waals surface area contributed by atoms with Crippen molar-refractivity contribution in [3.63, 3.8) is 0 Å². The molecule has 2 aromatic carbocycles. The predicted octanol–water partition coefficient (Wildman–Crippen LogP) is 5.72. The van der Waals surface area contributed by atoms with E-state index >= 15 is 0 Å². The Balaban J connectivity index is 1.66. The van der Waals surface area contributed by atoms with Gasteiger partial charge in [0, 0.05) is 20.2 Å². The molecule has 4 rings (SSSR count). The first-order valence-electron chi connectivity index (χ1n) is 8.87. The van der Waals surface area contributed by atoms with Gasteiger partial charge in [0.15, 0.2) is 0 Å². The van der Waals surface area contributed by atoms with E-state index in [0.29, 0.717) is 10.6 Å². The Bertz CT molecular complexity index is 1220. The van der Waals surface area contributed by atoms with Crippen LogP contribution in [-0.4, -0.2) is 18.0 Å². The highest BCUT2D eigenvalue weighted by molar-refractivity contribution is 14.1. The number of methoxy groups -OCH3 is 1. The van der Waals surface area contributed by atoms with Crippen molar-refractivity contribution < 1.29 is 9.53 Å². The molecule has 146 valence electrons. The summed E-state index contributed by atoms with van der Waals surface area (Å²) in [6.45, 7) is 1.97. The second kappa shape index (κ2) is 8.00. The third kappa shape index (κ3) is 3.92. The van der Waals surface area contributed by atoms with Crippen LogP contribution in [0, 0.1) is 10.5 Å². The van der Waals surface area contributed by atoms with E-state index in [1.54, 1.807) is 7.11 Å². The van der Waals surface area contributed by atoms with Crippen LogP contribution in [0.1, 0.15) is 15.2 Å². The van der Waals surface area contributed by atoms with Crippen LogP contribution in [0.4, 0.5) is 11.4 Å². The van der Waals surface area contributed by atoms with Crippen molar-refractivity contribution in [3.8, 4) is 17.0 Å². The first-order chi connectivity index (χ1) is 14.0. The van der Waals surface area contributed by atoms with Crippen molar-refractivity contribution in [1.82, 2.24) is 4.98 Å². The highest BCUT2D eigenvalue weighted by Crippen LogP contribution is 2.35. The number of nitrogens with one attached hydrogen (secondary N) is 1. The van der Waals surface area contributed by atoms with Gasteiger partial charge in [0.1, 0.15) is 15.5 Å². The summed E-state index contributed by atoms with van der Waals surface area (Å²) in [6, 6.07) is 17.4. The van der Waals surface area contributed by atoms with E-state index in [4.69, 9.17) is 15.5 Å². The Hall–Kier alpha value is -2.65. The standard InChI is InChI=1S/C22H18IN3O2S/c1-12-11-14(23)5-9-17(12)25-21(27)20-19(24)16-8-10-18(26-22(16)29-20)13-3-6-15(28-2)7-4-13/h3-11H,24H2,1-2H3,(H,25,27). The summed E-state index contributed by atoms with van der Waals surface area (Å²) in [5.41, 5.74) is 10.3. The molecule has 2 heterocycles. The van der Waals surface area contributed by atoms with Crippen LogP contribution < -0.4 is 15.8 Å². The molecule has 4 aromatic rings. The van der Waals surface area contributed by atoms with Crippen molar-refractivity contribution >= 4 is 61.4 Å². The number of aryl methyl sites for hydroxylation is 1. The lowest BCUT2D eigenvalue weighted by Gasteiger charge is -2.08. The molecule has 0 saturated heterocycles. The van der Waals surface area contributed by atoms with Gasteiger partial charge in [-0.2, -0.15) is 0 Å². The number of hydrogen-bond donors (Lipinski definition) is 2. The lowest BCUT2D eigenvalue weighted by molar-refractivity contribution is 0.103. The first kappa shape index (κ1) is 19.7. The minimum atomic E-state index is -0.221. The lowest BCUT2D eigenvalue weighted by Crippen LogP contribution is -2.12. The molecule has 0 atom stereocenters. The number of pyridine rings is 1. The fourth-order valence-corrected chi connectivity index (χ4v) is 4.67. The van der Waals surface area contributed by atoms with E-state index in [-0.39, 0.29) is 5.91 Å². The molecular formula is C22H18IN3O2S. The van der Waals surface area contributed by atoms with Gasteiger partial charge in [0.05, 0.1) is 18.5 Å². The number of nitrogens with zero attached hydrogens (tertiary/aromatic N) is 1. The minimum Gasteiger partial charge on any atom is -0.497 e. The summed E-state index contributed by atoms with van der Waals surface area (Å²) < 4.78 is 6.32. The summed E-state index contributed by atoms with van der Waals surface area (Å²) in [5.74, 6) is 0.570. The van der Waals surface area contributed by atoms with Crippen LogP contribution >= 0.6 is 33.9 Å². The number of nitrogens with two attached hydrogens (primary N) is 1. The number of carbonyl (C=O) groups is 1. The van der Waals surface area contributed by atoms with E-state index in [1.807, 2.05) is 61.5 Å². The number of benzene rings is 2. The third-order valence-corrected chi connectivity index (χ3v) is 6.41. The van der Waals surface area contributed by atoms with Crippen molar-refractivity contribution in [1.29, 1.82) is 0 Å². The molecule has 2 aromatic heterocycles. The molecule has 3 N–H and O–H groups in total. The van der Waals surface area contributed by atoms with Gasteiger partial charge in [-0.1, -0.05) is 0 Å². The average molecular weight is 515 g/mol. The van der Waals surface area contributed by atoms with Crippen molar-refractivity contribution in [2.75, 3.05) is 18.2 Å². The zero-order valence-corrected chi connectivity index (χ0v) is 18.8. The zero-order chi connectivity index (χ0) is 20.5. The number of fused-ring (bicyclic) bond motifs is 1. The Morgan fingerprint density at radius 1 is 1.14 bits per heavy atom. The maximum Gasteiger partial charge on any atom is 0.267 e. The van der Waals surface area contributed by atoms with Crippen LogP contribution in [0.15, 0.2) is 54.6 Å². The van der Waals surface area contributed by atoms with Gasteiger partial charge in [0.2, 0.25) is 0 Å². The Labute approximate surface area is 186 Å². The molecule has 5 nitrogen and oxygen atoms in total. The number of rotatable bonds is 4. The van der Waals surface area contributed by atoms with Crippen LogP contribution in [0.3, 0.4) is 0 Å². The fraction of sp³-hybridized carbons (Fsp3) is 0.0909. The monoisotopic (exact) mass is 515 g/mol. The topological polar surface area (TPSA) is 77.2 Å². The summed E-state index contributed by atoms with van der Waals surface area (Å²) in [5, 5.41) is 3.75. The largest absolute Gasteiger partial charge is 0.497 e. The number of thiophene rings is 1. The quantitative estimate of drug-likeness (QED) is 0.341. The molecule has 29 heavy (non-hydrogen) atoms. The van der Waals surface area contributed by atoms with E-state index in [9.17, 15) is 4.79 Å². The number of nitrogen functional groups attached to an aromatic ring is 1. The van der Waals surface area contributed by atoms with Gasteiger partial charge in [-0.15, -0.1) is 11.3 Å². The molecule has 0 aliphatic carbocycles. The van der Waals surface area contributed by atoms with Crippen LogP contribution in [0.2, 0.25) is 0 Å². The molecule has 7 heteroatoms. The summed E-state index contributed by atoms with van der Waals surface area (Å²) in [7, 11) is 1.64. The first-order valence-corrected chi connectivity index (χ1v) is 10.8. The normalized spacial score (nSPS) is 10.9. The number of amides is 1. The molecule has 1 amide bonds. The second-order valence-electron chi connectivity index (χ2n) is 6.54. The number of carbonyl (C=O) groups excluding carboxylic acids is 1. The highest BCUT2D eigenvalue weighted by Gasteiger charge is 2.18. The summed E-state index contributed by atoms with van der Waals surface area (Å²) >= 11 is 3.55. The average Bonchev–Trinajstić information content (AvgIpc) is 3.06. The Morgan fingerprint density at radius 2 is 1.90 bits per heavy atom. The predicted molar refractivity (Wildman–Crippen MR) is 128 cm³/mol. The van der Waals surface area contributed by atoms with Crippen molar-refractivity contribution in [2.24, 2.45) is 0 Å². The fourth-order valence-electron chi connectivity index (χ4n) is 3.03. The highest BCUT2D eigenvalue weighted by atomic mass is 127. The van der Waals surface area contributed by atoms with Crippen LogP contribution in [0.25, 0.3) is 21.5 Å². The number of anilines is 2. The van der Waals surface area contributed by atoms with Crippen LogP contribution in [-0.2, 0) is 0 Å². The van der Waals surface area contributed by atoms with Crippen molar-refractivity contribution in [3.05, 3.63) is 68.6 Å². The Morgan fingerprint density at radius 3 is 2.59 bits per heavy atom. The summed E-state index contributed by atoms with van der Waals surface area (Å²) in [6.07, 6.45) is 0. The van der Waals surface area contributed by atoms with Gasteiger partial charge in [-0.05, 0) is 89.7 Å². The number of aromatic nitrogens is 1. The van der Waals surface area contributed by atoms with Gasteiger partial charge in [0.25, 0.3) is 5.91 Å². The molecule has 0 aliphatic heterocycles. The molecular weight excluding hydrogens is 497 g/mol. The molecule has 0 fully saturated rings. The summed E-state index contributed by atoms with van der Waals surface area (Å²) in [4.78, 5) is 18.8. The lowest BCUT2D eigenvalue weighted by atomic mass is 10.1. The van der Waals surface area contributed by atoms with Crippen molar-refractivity contribution in [2.45, 2.75) is 6.92 Å². The molecule has 0 bridgehead atoms. The third-order valence-electron chi connectivity index (χ3n) is 4.62. The van der Waals surface area contributed by atoms with Gasteiger partial charge in [-0.25, -0.2) is 4.98 Å². The number of halogens is 1. The van der Waals surface area contributed by atoms with E-state index in [1.165, 1.54) is 11.3 Å². The van der Waals surface area contributed by atoms with Crippen LogP contribution in [0.5, 0.6) is 5.75 Å². The zero-order valence-electron chi connectivity index (χ0n) is 15.8. The van der Waals surface area contributed by atoms with E-state index in [2.05, 4.69) is 27.9 Å². The maximum absolute atomic E-state index is 12.8. The molecule has 0 unspecified atom stereocenters. The molecule has 0 saturated carbocycles. The Kier molecular flexibility index (Phi) is 5.42. The number of ether oxygens (including phenoxy) is 1.